The van der Waals surface area contributed by atoms with Crippen molar-refractivity contribution < 1.29 is 9.47 Å². The molecule has 0 amide bonds. The maximum Gasteiger partial charge on any atom is 0.231 e. The Kier molecular flexibility index (Phi) is 2.60. The third-order valence-corrected chi connectivity index (χ3v) is 2.80. The number of hydrogen-bond donors (Lipinski definition) is 1. The molecule has 0 saturated carbocycles. The first-order valence-electron chi connectivity index (χ1n) is 5.32. The Labute approximate surface area is 108 Å². The molecule has 0 saturated heterocycles. The number of nitrogens with one attached hydrogen (secondary N) is 1. The van der Waals surface area contributed by atoms with E-state index < -0.39 is 0 Å². The Morgan fingerprint density at radius 3 is 3.06 bits per heavy atom. The van der Waals surface area contributed by atoms with Gasteiger partial charge in [0.15, 0.2) is 11.5 Å². The van der Waals surface area contributed by atoms with Crippen LogP contribution in [0.2, 0.25) is 0 Å². The molecule has 1 aromatic carbocycles. The second-order valence-electron chi connectivity index (χ2n) is 3.75. The quantitative estimate of drug-likeness (QED) is 0.662. The highest BCUT2D eigenvalue weighted by atomic mass is 32.1. The summed E-state index contributed by atoms with van der Waals surface area (Å²) in [5.74, 6) is 2.19. The zero-order valence-electron chi connectivity index (χ0n) is 9.58. The lowest BCUT2D eigenvalue weighted by atomic mass is 10.2. The van der Waals surface area contributed by atoms with Crippen molar-refractivity contribution in [2.75, 3.05) is 6.79 Å². The first kappa shape index (κ1) is 11.0. The van der Waals surface area contributed by atoms with Crippen LogP contribution >= 0.6 is 12.2 Å². The standard InChI is InChI=1S/C11H10N4O2S/c1-7-13-14-11(18)15(7)12-5-8-2-3-9-10(4-8)17-6-16-9/h2-5H,6H2,1H3,(H,14,18)/b12-5+. The third-order valence-electron chi connectivity index (χ3n) is 2.53. The van der Waals surface area contributed by atoms with Crippen LogP contribution in [-0.4, -0.2) is 27.9 Å². The Balaban J connectivity index is 1.91. The molecule has 0 fully saturated rings. The van der Waals surface area contributed by atoms with Gasteiger partial charge in [0.25, 0.3) is 0 Å². The van der Waals surface area contributed by atoms with Crippen molar-refractivity contribution in [3.63, 3.8) is 0 Å². The van der Waals surface area contributed by atoms with Gasteiger partial charge in [0.2, 0.25) is 11.6 Å². The van der Waals surface area contributed by atoms with E-state index >= 15 is 0 Å². The topological polar surface area (TPSA) is 64.4 Å². The molecule has 0 aliphatic carbocycles. The van der Waals surface area contributed by atoms with Crippen LogP contribution in [0.15, 0.2) is 23.3 Å². The maximum absolute atomic E-state index is 5.29. The van der Waals surface area contributed by atoms with Gasteiger partial charge >= 0.3 is 0 Å². The molecule has 1 aliphatic heterocycles. The summed E-state index contributed by atoms with van der Waals surface area (Å²) in [5, 5.41) is 10.9. The van der Waals surface area contributed by atoms with Gasteiger partial charge in [0.05, 0.1) is 6.21 Å². The number of aromatic amines is 1. The van der Waals surface area contributed by atoms with E-state index in [2.05, 4.69) is 15.3 Å². The van der Waals surface area contributed by atoms with Gasteiger partial charge in [-0.25, -0.2) is 0 Å². The fraction of sp³-hybridized carbons (Fsp3) is 0.182. The lowest BCUT2D eigenvalue weighted by Crippen LogP contribution is -1.94. The lowest BCUT2D eigenvalue weighted by Gasteiger charge is -1.98. The molecule has 18 heavy (non-hydrogen) atoms. The number of hydrogen-bond acceptors (Lipinski definition) is 5. The number of benzene rings is 1. The van der Waals surface area contributed by atoms with Crippen molar-refractivity contribution >= 4 is 18.4 Å². The summed E-state index contributed by atoms with van der Waals surface area (Å²) >= 11 is 5.05. The first-order valence-corrected chi connectivity index (χ1v) is 5.73. The summed E-state index contributed by atoms with van der Waals surface area (Å²) in [7, 11) is 0. The Morgan fingerprint density at radius 1 is 1.44 bits per heavy atom. The maximum atomic E-state index is 5.29. The van der Waals surface area contributed by atoms with Crippen LogP contribution in [-0.2, 0) is 0 Å². The molecule has 0 bridgehead atoms. The van der Waals surface area contributed by atoms with Gasteiger partial charge in [0, 0.05) is 0 Å². The van der Waals surface area contributed by atoms with Crippen LogP contribution in [0, 0.1) is 11.7 Å². The van der Waals surface area contributed by atoms with Crippen LogP contribution in [0.1, 0.15) is 11.4 Å². The fourth-order valence-corrected chi connectivity index (χ4v) is 1.85. The molecule has 7 heteroatoms. The number of aromatic nitrogens is 3. The molecular weight excluding hydrogens is 252 g/mol. The Hall–Kier alpha value is -2.15. The zero-order valence-corrected chi connectivity index (χ0v) is 10.4. The van der Waals surface area contributed by atoms with Gasteiger partial charge in [-0.3, -0.25) is 5.10 Å². The van der Waals surface area contributed by atoms with Gasteiger partial charge in [-0.1, -0.05) is 0 Å². The monoisotopic (exact) mass is 262 g/mol. The highest BCUT2D eigenvalue weighted by Crippen LogP contribution is 2.31. The minimum Gasteiger partial charge on any atom is -0.454 e. The summed E-state index contributed by atoms with van der Waals surface area (Å²) in [4.78, 5) is 0. The minimum atomic E-state index is 0.266. The first-order chi connectivity index (χ1) is 8.74. The molecular formula is C11H10N4O2S. The summed E-state index contributed by atoms with van der Waals surface area (Å²) in [6.45, 7) is 2.09. The van der Waals surface area contributed by atoms with E-state index in [1.165, 1.54) is 0 Å². The van der Waals surface area contributed by atoms with E-state index in [4.69, 9.17) is 21.7 Å². The van der Waals surface area contributed by atoms with Gasteiger partial charge in [-0.05, 0) is 42.9 Å². The van der Waals surface area contributed by atoms with Crippen LogP contribution in [0.5, 0.6) is 11.5 Å². The molecule has 92 valence electrons. The average Bonchev–Trinajstić information content (AvgIpc) is 2.94. The largest absolute Gasteiger partial charge is 0.454 e. The Bertz CT molecular complexity index is 674. The van der Waals surface area contributed by atoms with E-state index in [1.807, 2.05) is 25.1 Å². The van der Waals surface area contributed by atoms with Crippen molar-refractivity contribution in [1.82, 2.24) is 14.9 Å². The molecule has 3 rings (SSSR count). The highest BCUT2D eigenvalue weighted by molar-refractivity contribution is 7.71. The molecule has 2 heterocycles. The smallest absolute Gasteiger partial charge is 0.231 e. The molecule has 0 radical (unpaired) electrons. The van der Waals surface area contributed by atoms with E-state index in [0.29, 0.717) is 10.6 Å². The van der Waals surface area contributed by atoms with Crippen LogP contribution < -0.4 is 9.47 Å². The molecule has 1 aromatic heterocycles. The lowest BCUT2D eigenvalue weighted by molar-refractivity contribution is 0.174. The number of fused-ring (bicyclic) bond motifs is 1. The predicted octanol–water partition coefficient (Wildman–Crippen LogP) is 1.86. The molecule has 0 spiro atoms. The molecule has 1 aliphatic rings. The van der Waals surface area contributed by atoms with Crippen LogP contribution in [0.25, 0.3) is 0 Å². The van der Waals surface area contributed by atoms with E-state index in [-0.39, 0.29) is 6.79 Å². The van der Waals surface area contributed by atoms with Gasteiger partial charge in [-0.15, -0.1) is 0 Å². The van der Waals surface area contributed by atoms with Crippen molar-refractivity contribution in [1.29, 1.82) is 0 Å². The van der Waals surface area contributed by atoms with E-state index in [0.717, 1.165) is 17.1 Å². The van der Waals surface area contributed by atoms with Crippen molar-refractivity contribution in [2.24, 2.45) is 5.10 Å². The summed E-state index contributed by atoms with van der Waals surface area (Å²) < 4.78 is 12.6. The molecule has 0 unspecified atom stereocenters. The normalized spacial score (nSPS) is 13.4. The second kappa shape index (κ2) is 4.26. The van der Waals surface area contributed by atoms with E-state index in [1.54, 1.807) is 10.9 Å². The van der Waals surface area contributed by atoms with Crippen molar-refractivity contribution in [3.8, 4) is 11.5 Å². The van der Waals surface area contributed by atoms with Crippen molar-refractivity contribution in [3.05, 3.63) is 34.4 Å². The molecule has 2 aromatic rings. The third kappa shape index (κ3) is 1.88. The summed E-state index contributed by atoms with van der Waals surface area (Å²) in [5.41, 5.74) is 0.904. The SMILES string of the molecule is Cc1n[nH]c(=S)n1/N=C/c1ccc2c(c1)OCO2. The number of H-pyrrole nitrogens is 1. The summed E-state index contributed by atoms with van der Waals surface area (Å²) in [6, 6.07) is 5.62. The predicted molar refractivity (Wildman–Crippen MR) is 67.7 cm³/mol. The van der Waals surface area contributed by atoms with Gasteiger partial charge in [0.1, 0.15) is 5.82 Å². The molecule has 1 N–H and O–H groups in total. The average molecular weight is 262 g/mol. The van der Waals surface area contributed by atoms with Crippen LogP contribution in [0.3, 0.4) is 0 Å². The van der Waals surface area contributed by atoms with E-state index in [9.17, 15) is 0 Å². The number of rotatable bonds is 2. The molecule has 6 nitrogen and oxygen atoms in total. The minimum absolute atomic E-state index is 0.266. The summed E-state index contributed by atoms with van der Waals surface area (Å²) in [6.07, 6.45) is 1.69. The zero-order chi connectivity index (χ0) is 12.5. The van der Waals surface area contributed by atoms with Crippen molar-refractivity contribution in [2.45, 2.75) is 6.92 Å². The Morgan fingerprint density at radius 2 is 2.28 bits per heavy atom. The second-order valence-corrected chi connectivity index (χ2v) is 4.13. The van der Waals surface area contributed by atoms with Gasteiger partial charge < -0.3 is 9.47 Å². The number of aryl methyl sites for hydroxylation is 1. The van der Waals surface area contributed by atoms with Gasteiger partial charge in [-0.2, -0.15) is 14.9 Å². The molecule has 0 atom stereocenters. The fourth-order valence-electron chi connectivity index (χ4n) is 1.62. The number of ether oxygens (including phenoxy) is 2. The highest BCUT2D eigenvalue weighted by Gasteiger charge is 2.12. The number of nitrogens with zero attached hydrogens (tertiary/aromatic N) is 3. The van der Waals surface area contributed by atoms with Crippen LogP contribution in [0.4, 0.5) is 0 Å².